The highest BCUT2D eigenvalue weighted by Crippen LogP contribution is 2.39. The fraction of sp³-hybridized carbons (Fsp3) is 0.533. The lowest BCUT2D eigenvalue weighted by Crippen LogP contribution is -2.39. The Hall–Kier alpha value is -1.23. The molecule has 2 aliphatic heterocycles. The summed E-state index contributed by atoms with van der Waals surface area (Å²) in [4.78, 5) is 0. The summed E-state index contributed by atoms with van der Waals surface area (Å²) in [7, 11) is 0. The SMILES string of the molecule is C[C@@H]1CCC[C@H](C)N1/N=C\c1cc(Br)c2c(c1)OCO2. The zero-order valence-electron chi connectivity index (χ0n) is 11.8. The van der Waals surface area contributed by atoms with Crippen LogP contribution in [-0.2, 0) is 0 Å². The highest BCUT2D eigenvalue weighted by atomic mass is 79.9. The van der Waals surface area contributed by atoms with Crippen molar-refractivity contribution in [3.63, 3.8) is 0 Å². The molecule has 20 heavy (non-hydrogen) atoms. The van der Waals surface area contributed by atoms with Gasteiger partial charge in [-0.1, -0.05) is 0 Å². The maximum atomic E-state index is 5.43. The lowest BCUT2D eigenvalue weighted by molar-refractivity contribution is 0.109. The molecule has 0 amide bonds. The van der Waals surface area contributed by atoms with Crippen molar-refractivity contribution < 1.29 is 9.47 Å². The van der Waals surface area contributed by atoms with Crippen molar-refractivity contribution in [2.45, 2.75) is 45.2 Å². The maximum Gasteiger partial charge on any atom is 0.231 e. The molecule has 1 fully saturated rings. The molecule has 0 N–H and O–H groups in total. The van der Waals surface area contributed by atoms with Gasteiger partial charge in [-0.15, -0.1) is 0 Å². The summed E-state index contributed by atoms with van der Waals surface area (Å²) in [5, 5.41) is 6.88. The molecule has 1 saturated heterocycles. The monoisotopic (exact) mass is 338 g/mol. The molecule has 0 aromatic heterocycles. The molecule has 0 radical (unpaired) electrons. The Balaban J connectivity index is 1.80. The van der Waals surface area contributed by atoms with E-state index in [0.29, 0.717) is 12.1 Å². The summed E-state index contributed by atoms with van der Waals surface area (Å²) in [6, 6.07) is 4.99. The minimum Gasteiger partial charge on any atom is -0.454 e. The van der Waals surface area contributed by atoms with E-state index >= 15 is 0 Å². The molecular weight excluding hydrogens is 320 g/mol. The lowest BCUT2D eigenvalue weighted by Gasteiger charge is -2.36. The van der Waals surface area contributed by atoms with Gasteiger partial charge in [-0.05, 0) is 66.7 Å². The first-order valence-corrected chi connectivity index (χ1v) is 7.86. The molecule has 3 rings (SSSR count). The third-order valence-corrected chi connectivity index (χ3v) is 4.53. The third kappa shape index (κ3) is 2.64. The molecule has 2 aliphatic rings. The van der Waals surface area contributed by atoms with Gasteiger partial charge < -0.3 is 9.47 Å². The van der Waals surface area contributed by atoms with Gasteiger partial charge in [-0.2, -0.15) is 5.10 Å². The van der Waals surface area contributed by atoms with Crippen molar-refractivity contribution in [1.29, 1.82) is 0 Å². The number of halogens is 1. The molecule has 108 valence electrons. The highest BCUT2D eigenvalue weighted by molar-refractivity contribution is 9.10. The summed E-state index contributed by atoms with van der Waals surface area (Å²) in [5.41, 5.74) is 1.02. The summed E-state index contributed by atoms with van der Waals surface area (Å²) < 4.78 is 11.7. The van der Waals surface area contributed by atoms with Gasteiger partial charge in [0.2, 0.25) is 6.79 Å². The van der Waals surface area contributed by atoms with Crippen LogP contribution in [0.3, 0.4) is 0 Å². The Morgan fingerprint density at radius 3 is 2.75 bits per heavy atom. The molecule has 1 aromatic rings. The van der Waals surface area contributed by atoms with Crippen LogP contribution in [0.15, 0.2) is 21.7 Å². The van der Waals surface area contributed by atoms with Gasteiger partial charge in [-0.3, -0.25) is 5.01 Å². The Morgan fingerprint density at radius 2 is 2.00 bits per heavy atom. The van der Waals surface area contributed by atoms with Gasteiger partial charge >= 0.3 is 0 Å². The van der Waals surface area contributed by atoms with Crippen molar-refractivity contribution in [2.24, 2.45) is 5.10 Å². The van der Waals surface area contributed by atoms with E-state index in [9.17, 15) is 0 Å². The fourth-order valence-corrected chi connectivity index (χ4v) is 3.40. The van der Waals surface area contributed by atoms with Crippen LogP contribution in [0.5, 0.6) is 11.5 Å². The largest absolute Gasteiger partial charge is 0.454 e. The van der Waals surface area contributed by atoms with Crippen molar-refractivity contribution in [3.05, 3.63) is 22.2 Å². The average Bonchev–Trinajstić information content (AvgIpc) is 2.87. The van der Waals surface area contributed by atoms with Crippen LogP contribution < -0.4 is 9.47 Å². The van der Waals surface area contributed by atoms with Crippen LogP contribution in [0.4, 0.5) is 0 Å². The summed E-state index contributed by atoms with van der Waals surface area (Å²) >= 11 is 3.51. The molecular formula is C15H19BrN2O2. The van der Waals surface area contributed by atoms with E-state index in [1.54, 1.807) is 0 Å². The molecule has 1 aromatic carbocycles. The predicted molar refractivity (Wildman–Crippen MR) is 82.5 cm³/mol. The molecule has 0 aliphatic carbocycles. The topological polar surface area (TPSA) is 34.1 Å². The Morgan fingerprint density at radius 1 is 1.25 bits per heavy atom. The number of piperidine rings is 1. The number of nitrogens with zero attached hydrogens (tertiary/aromatic N) is 2. The van der Waals surface area contributed by atoms with Crippen molar-refractivity contribution in [2.75, 3.05) is 6.79 Å². The van der Waals surface area contributed by atoms with Gasteiger partial charge in [0.25, 0.3) is 0 Å². The van der Waals surface area contributed by atoms with Crippen molar-refractivity contribution in [1.82, 2.24) is 5.01 Å². The summed E-state index contributed by atoms with van der Waals surface area (Å²) in [6.07, 6.45) is 5.63. The van der Waals surface area contributed by atoms with E-state index in [1.165, 1.54) is 19.3 Å². The zero-order chi connectivity index (χ0) is 14.1. The van der Waals surface area contributed by atoms with Crippen LogP contribution >= 0.6 is 15.9 Å². The molecule has 0 saturated carbocycles. The van der Waals surface area contributed by atoms with Crippen LogP contribution in [0.2, 0.25) is 0 Å². The first kappa shape index (κ1) is 13.7. The van der Waals surface area contributed by atoms with E-state index in [2.05, 4.69) is 39.9 Å². The second kappa shape index (κ2) is 5.64. The minimum atomic E-state index is 0.286. The van der Waals surface area contributed by atoms with Crippen LogP contribution in [0.25, 0.3) is 0 Å². The average molecular weight is 339 g/mol. The number of ether oxygens (including phenoxy) is 2. The van der Waals surface area contributed by atoms with Crippen LogP contribution in [0.1, 0.15) is 38.7 Å². The molecule has 4 nitrogen and oxygen atoms in total. The van der Waals surface area contributed by atoms with Gasteiger partial charge in [0.05, 0.1) is 10.7 Å². The van der Waals surface area contributed by atoms with Gasteiger partial charge in [0, 0.05) is 12.1 Å². The predicted octanol–water partition coefficient (Wildman–Crippen LogP) is 3.77. The molecule has 2 atom stereocenters. The molecule has 5 heteroatoms. The van der Waals surface area contributed by atoms with Gasteiger partial charge in [-0.25, -0.2) is 0 Å². The number of hydrogen-bond acceptors (Lipinski definition) is 4. The number of hydrogen-bond donors (Lipinski definition) is 0. The molecule has 0 bridgehead atoms. The standard InChI is InChI=1S/C15H19BrN2O2/c1-10-4-3-5-11(2)18(10)17-8-12-6-13(16)15-14(7-12)19-9-20-15/h6-8,10-11H,3-5,9H2,1-2H3/b17-8-/t10-,11+. The lowest BCUT2D eigenvalue weighted by atomic mass is 10.00. The first-order valence-electron chi connectivity index (χ1n) is 7.06. The number of fused-ring (bicyclic) bond motifs is 1. The highest BCUT2D eigenvalue weighted by Gasteiger charge is 2.23. The Labute approximate surface area is 127 Å². The molecule has 2 heterocycles. The number of benzene rings is 1. The minimum absolute atomic E-state index is 0.286. The normalized spacial score (nSPS) is 25.4. The van der Waals surface area contributed by atoms with E-state index in [-0.39, 0.29) is 6.79 Å². The van der Waals surface area contributed by atoms with E-state index < -0.39 is 0 Å². The van der Waals surface area contributed by atoms with Gasteiger partial charge in [0.1, 0.15) is 0 Å². The van der Waals surface area contributed by atoms with Crippen molar-refractivity contribution in [3.8, 4) is 11.5 Å². The zero-order valence-corrected chi connectivity index (χ0v) is 13.4. The number of rotatable bonds is 2. The third-order valence-electron chi connectivity index (χ3n) is 3.94. The fourth-order valence-electron chi connectivity index (χ4n) is 2.83. The van der Waals surface area contributed by atoms with E-state index in [0.717, 1.165) is 21.5 Å². The second-order valence-electron chi connectivity index (χ2n) is 5.49. The second-order valence-corrected chi connectivity index (χ2v) is 6.34. The Bertz CT molecular complexity index is 523. The van der Waals surface area contributed by atoms with Crippen LogP contribution in [0, 0.1) is 0 Å². The van der Waals surface area contributed by atoms with Crippen LogP contribution in [-0.4, -0.2) is 30.1 Å². The van der Waals surface area contributed by atoms with E-state index in [4.69, 9.17) is 9.47 Å². The van der Waals surface area contributed by atoms with Crippen molar-refractivity contribution >= 4 is 22.1 Å². The number of hydrazone groups is 1. The molecule has 0 unspecified atom stereocenters. The van der Waals surface area contributed by atoms with E-state index in [1.807, 2.05) is 18.3 Å². The summed E-state index contributed by atoms with van der Waals surface area (Å²) in [5.74, 6) is 1.56. The quantitative estimate of drug-likeness (QED) is 0.769. The van der Waals surface area contributed by atoms with Gasteiger partial charge in [0.15, 0.2) is 11.5 Å². The smallest absolute Gasteiger partial charge is 0.231 e. The maximum absolute atomic E-state index is 5.43. The summed E-state index contributed by atoms with van der Waals surface area (Å²) in [6.45, 7) is 4.76. The Kier molecular flexibility index (Phi) is 3.87. The first-order chi connectivity index (χ1) is 9.65. The molecule has 0 spiro atoms.